The van der Waals surface area contributed by atoms with Gasteiger partial charge in [-0.3, -0.25) is 0 Å². The highest BCUT2D eigenvalue weighted by Gasteiger charge is 2.29. The van der Waals surface area contributed by atoms with Gasteiger partial charge < -0.3 is 24.5 Å². The standard InChI is InChI=1S/C27H28FN3O5S/c1-18-19(14-20(36-37(28,33)34)15-26(18)31-12-10-29-11-13-31)16-30-27(32)35-17-25-23-8-4-2-6-21(23)22-7-3-5-9-24(22)25/h2-9,14-15,25,29H,10-13,16-17H2,1H3,(H,30,32). The summed E-state index contributed by atoms with van der Waals surface area (Å²) in [5, 5.41) is 6.00. The minimum atomic E-state index is -5.20. The minimum Gasteiger partial charge on any atom is -0.449 e. The Morgan fingerprint density at radius 3 is 2.30 bits per heavy atom. The van der Waals surface area contributed by atoms with Crippen LogP contribution in [0, 0.1) is 6.92 Å². The molecule has 2 aliphatic rings. The predicted molar refractivity (Wildman–Crippen MR) is 139 cm³/mol. The van der Waals surface area contributed by atoms with Gasteiger partial charge in [-0.05, 0) is 46.4 Å². The largest absolute Gasteiger partial charge is 0.488 e. The number of carbonyl (C=O) groups is 1. The van der Waals surface area contributed by atoms with E-state index in [9.17, 15) is 17.1 Å². The number of piperazine rings is 1. The van der Waals surface area contributed by atoms with E-state index in [0.717, 1.165) is 46.6 Å². The van der Waals surface area contributed by atoms with Crippen LogP contribution in [0.15, 0.2) is 60.7 Å². The van der Waals surface area contributed by atoms with Crippen LogP contribution in [-0.4, -0.2) is 47.3 Å². The molecular weight excluding hydrogens is 497 g/mol. The Kier molecular flexibility index (Phi) is 7.03. The molecule has 194 valence electrons. The second-order valence-electron chi connectivity index (χ2n) is 9.12. The van der Waals surface area contributed by atoms with Crippen molar-refractivity contribution in [2.75, 3.05) is 37.7 Å². The van der Waals surface area contributed by atoms with Gasteiger partial charge in [0, 0.05) is 50.4 Å². The number of hydrogen-bond acceptors (Lipinski definition) is 7. The van der Waals surface area contributed by atoms with Crippen molar-refractivity contribution in [1.82, 2.24) is 10.6 Å². The molecule has 8 nitrogen and oxygen atoms in total. The quantitative estimate of drug-likeness (QED) is 0.450. The SMILES string of the molecule is Cc1c(CNC(=O)OCC2c3ccccc3-c3ccccc32)cc(OS(=O)(=O)F)cc1N1CCNCC1. The van der Waals surface area contributed by atoms with Crippen LogP contribution >= 0.6 is 0 Å². The first-order valence-electron chi connectivity index (χ1n) is 12.1. The van der Waals surface area contributed by atoms with Crippen LogP contribution in [-0.2, 0) is 21.8 Å². The van der Waals surface area contributed by atoms with Gasteiger partial charge in [-0.15, -0.1) is 0 Å². The van der Waals surface area contributed by atoms with Gasteiger partial charge in [0.2, 0.25) is 0 Å². The number of hydrogen-bond donors (Lipinski definition) is 2. The van der Waals surface area contributed by atoms with Gasteiger partial charge in [0.25, 0.3) is 0 Å². The lowest BCUT2D eigenvalue weighted by molar-refractivity contribution is 0.142. The fourth-order valence-electron chi connectivity index (χ4n) is 5.13. The van der Waals surface area contributed by atoms with Crippen molar-refractivity contribution in [3.05, 3.63) is 82.9 Å². The number of carbonyl (C=O) groups excluding carboxylic acids is 1. The molecule has 1 heterocycles. The zero-order valence-corrected chi connectivity index (χ0v) is 21.2. The summed E-state index contributed by atoms with van der Waals surface area (Å²) in [6.45, 7) is 5.04. The Hall–Kier alpha value is -3.63. The van der Waals surface area contributed by atoms with Crippen LogP contribution in [0.1, 0.15) is 28.2 Å². The molecule has 1 aliphatic carbocycles. The third kappa shape index (κ3) is 5.55. The maximum absolute atomic E-state index is 13.3. The van der Waals surface area contributed by atoms with E-state index in [1.165, 1.54) is 12.1 Å². The van der Waals surface area contributed by atoms with Gasteiger partial charge in [-0.1, -0.05) is 52.4 Å². The van der Waals surface area contributed by atoms with Crippen molar-refractivity contribution in [3.8, 4) is 16.9 Å². The number of anilines is 1. The first-order chi connectivity index (χ1) is 17.8. The average molecular weight is 526 g/mol. The van der Waals surface area contributed by atoms with E-state index in [2.05, 4.69) is 31.8 Å². The molecule has 1 aliphatic heterocycles. The molecule has 3 aromatic rings. The zero-order valence-electron chi connectivity index (χ0n) is 20.4. The highest BCUT2D eigenvalue weighted by molar-refractivity contribution is 7.81. The van der Waals surface area contributed by atoms with Crippen molar-refractivity contribution < 1.29 is 26.0 Å². The lowest BCUT2D eigenvalue weighted by atomic mass is 9.98. The van der Waals surface area contributed by atoms with Gasteiger partial charge in [-0.25, -0.2) is 4.79 Å². The highest BCUT2D eigenvalue weighted by atomic mass is 32.3. The van der Waals surface area contributed by atoms with E-state index in [1.54, 1.807) is 0 Å². The van der Waals surface area contributed by atoms with Crippen LogP contribution < -0.4 is 19.7 Å². The average Bonchev–Trinajstić information content (AvgIpc) is 3.21. The third-order valence-electron chi connectivity index (χ3n) is 6.88. The van der Waals surface area contributed by atoms with E-state index in [1.807, 2.05) is 43.3 Å². The first kappa shape index (κ1) is 25.0. The topological polar surface area (TPSA) is 97.0 Å². The number of fused-ring (bicyclic) bond motifs is 3. The summed E-state index contributed by atoms with van der Waals surface area (Å²) in [6, 6.07) is 19.1. The molecule has 0 aromatic heterocycles. The van der Waals surface area contributed by atoms with Crippen LogP contribution in [0.4, 0.5) is 14.4 Å². The number of rotatable bonds is 7. The predicted octanol–water partition coefficient (Wildman–Crippen LogP) is 4.04. The van der Waals surface area contributed by atoms with Crippen LogP contribution in [0.2, 0.25) is 0 Å². The fourth-order valence-corrected chi connectivity index (χ4v) is 5.45. The van der Waals surface area contributed by atoms with E-state index in [0.29, 0.717) is 18.7 Å². The summed E-state index contributed by atoms with van der Waals surface area (Å²) in [5.41, 5.74) is 6.68. The molecule has 1 fully saturated rings. The second-order valence-corrected chi connectivity index (χ2v) is 10.1. The number of amides is 1. The molecule has 2 N–H and O–H groups in total. The Morgan fingerprint density at radius 2 is 1.68 bits per heavy atom. The number of ether oxygens (including phenoxy) is 1. The molecule has 0 bridgehead atoms. The van der Waals surface area contributed by atoms with Crippen molar-refractivity contribution in [3.63, 3.8) is 0 Å². The van der Waals surface area contributed by atoms with Gasteiger partial charge >= 0.3 is 16.6 Å². The van der Waals surface area contributed by atoms with Gasteiger partial charge in [0.05, 0.1) is 0 Å². The molecule has 37 heavy (non-hydrogen) atoms. The normalized spacial score (nSPS) is 15.1. The van der Waals surface area contributed by atoms with Crippen LogP contribution in [0.25, 0.3) is 11.1 Å². The molecule has 0 atom stereocenters. The third-order valence-corrected chi connectivity index (χ3v) is 7.27. The number of nitrogens with zero attached hydrogens (tertiary/aromatic N) is 1. The maximum Gasteiger partial charge on any atom is 0.488 e. The lowest BCUT2D eigenvalue weighted by Crippen LogP contribution is -2.43. The van der Waals surface area contributed by atoms with E-state index in [-0.39, 0.29) is 24.8 Å². The van der Waals surface area contributed by atoms with Gasteiger partial charge in [-0.2, -0.15) is 8.42 Å². The molecule has 0 radical (unpaired) electrons. The molecule has 0 saturated carbocycles. The summed E-state index contributed by atoms with van der Waals surface area (Å²) < 4.78 is 45.7. The minimum absolute atomic E-state index is 0.0606. The second kappa shape index (κ2) is 10.4. The van der Waals surface area contributed by atoms with Gasteiger partial charge in [0.15, 0.2) is 0 Å². The Bertz CT molecular complexity index is 1380. The van der Waals surface area contributed by atoms with Crippen molar-refractivity contribution >= 4 is 22.3 Å². The Balaban J connectivity index is 1.29. The van der Waals surface area contributed by atoms with E-state index < -0.39 is 16.6 Å². The molecule has 5 rings (SSSR count). The monoisotopic (exact) mass is 525 g/mol. The van der Waals surface area contributed by atoms with Crippen molar-refractivity contribution in [1.29, 1.82) is 0 Å². The number of nitrogens with one attached hydrogen (secondary N) is 2. The Morgan fingerprint density at radius 1 is 1.05 bits per heavy atom. The highest BCUT2D eigenvalue weighted by Crippen LogP contribution is 2.44. The molecule has 0 spiro atoms. The summed E-state index contributed by atoms with van der Waals surface area (Å²) in [4.78, 5) is 14.7. The van der Waals surface area contributed by atoms with Crippen LogP contribution in [0.5, 0.6) is 5.75 Å². The maximum atomic E-state index is 13.3. The fraction of sp³-hybridized carbons (Fsp3) is 0.296. The zero-order chi connectivity index (χ0) is 26.0. The first-order valence-corrected chi connectivity index (χ1v) is 13.4. The molecule has 10 heteroatoms. The lowest BCUT2D eigenvalue weighted by Gasteiger charge is -2.31. The van der Waals surface area contributed by atoms with Crippen molar-refractivity contribution in [2.24, 2.45) is 0 Å². The number of halogens is 1. The molecule has 3 aromatic carbocycles. The molecule has 1 amide bonds. The molecule has 1 saturated heterocycles. The van der Waals surface area contributed by atoms with E-state index >= 15 is 0 Å². The Labute approximate surface area is 215 Å². The summed E-state index contributed by atoms with van der Waals surface area (Å²) in [7, 11) is -5.20. The molecule has 0 unspecified atom stereocenters. The van der Waals surface area contributed by atoms with Crippen LogP contribution in [0.3, 0.4) is 0 Å². The summed E-state index contributed by atoms with van der Waals surface area (Å²) in [5.74, 6) is -0.211. The number of benzene rings is 3. The molecular formula is C27H28FN3O5S. The summed E-state index contributed by atoms with van der Waals surface area (Å²) in [6.07, 6.45) is -0.602. The van der Waals surface area contributed by atoms with E-state index in [4.69, 9.17) is 4.74 Å². The smallest absolute Gasteiger partial charge is 0.449 e. The van der Waals surface area contributed by atoms with Gasteiger partial charge in [0.1, 0.15) is 12.4 Å². The number of alkyl carbamates (subject to hydrolysis) is 1. The summed E-state index contributed by atoms with van der Waals surface area (Å²) >= 11 is 0. The van der Waals surface area contributed by atoms with Crippen molar-refractivity contribution in [2.45, 2.75) is 19.4 Å².